The molecule has 0 bridgehead atoms. The molecule has 0 atom stereocenters. The summed E-state index contributed by atoms with van der Waals surface area (Å²) < 4.78 is 18.7. The molecule has 1 aliphatic rings. The molecule has 0 saturated carbocycles. The largest absolute Gasteiger partial charge is 0.493 e. The summed E-state index contributed by atoms with van der Waals surface area (Å²) in [5.74, 6) is 2.78. The summed E-state index contributed by atoms with van der Waals surface area (Å²) in [6, 6.07) is 12.3. The van der Waals surface area contributed by atoms with Crippen LogP contribution in [0.15, 0.2) is 36.4 Å². The Morgan fingerprint density at radius 1 is 0.903 bits per heavy atom. The van der Waals surface area contributed by atoms with Gasteiger partial charge in [-0.1, -0.05) is 18.6 Å². The van der Waals surface area contributed by atoms with Crippen molar-refractivity contribution in [1.29, 1.82) is 0 Å². The normalized spacial score (nSPS) is 14.5. The van der Waals surface area contributed by atoms with E-state index in [1.807, 2.05) is 18.2 Å². The standard InChI is InChI=1S/C24H32N4O3/c1-29-21-15-18(16-22(30-2)23(21)31-3)17-25-24-26-19-9-5-6-10-20(19)28(24)14-13-27-11-7-4-8-12-27/h5-6,9-10,15-16H,4,7-8,11-14,17H2,1-3H3,(H,25,26). The highest BCUT2D eigenvalue weighted by molar-refractivity contribution is 5.78. The van der Waals surface area contributed by atoms with Crippen LogP contribution in [0.1, 0.15) is 24.8 Å². The third kappa shape index (κ3) is 4.71. The van der Waals surface area contributed by atoms with Crippen LogP contribution < -0.4 is 19.5 Å². The second-order valence-corrected chi connectivity index (χ2v) is 7.87. The van der Waals surface area contributed by atoms with Gasteiger partial charge in [-0.15, -0.1) is 0 Å². The van der Waals surface area contributed by atoms with Gasteiger partial charge in [0.2, 0.25) is 11.7 Å². The summed E-state index contributed by atoms with van der Waals surface area (Å²) >= 11 is 0. The third-order valence-electron chi connectivity index (χ3n) is 5.92. The molecule has 4 rings (SSSR count). The first-order valence-corrected chi connectivity index (χ1v) is 10.9. The van der Waals surface area contributed by atoms with Crippen molar-refractivity contribution < 1.29 is 14.2 Å². The van der Waals surface area contributed by atoms with Crippen molar-refractivity contribution in [2.75, 3.05) is 46.3 Å². The second-order valence-electron chi connectivity index (χ2n) is 7.87. The van der Waals surface area contributed by atoms with Gasteiger partial charge in [0.05, 0.1) is 32.4 Å². The van der Waals surface area contributed by atoms with Crippen LogP contribution >= 0.6 is 0 Å². The van der Waals surface area contributed by atoms with Crippen LogP contribution in [0.25, 0.3) is 11.0 Å². The molecule has 166 valence electrons. The number of benzene rings is 2. The number of aromatic nitrogens is 2. The first kappa shape index (κ1) is 21.3. The summed E-state index contributed by atoms with van der Waals surface area (Å²) in [7, 11) is 4.88. The predicted molar refractivity (Wildman–Crippen MR) is 123 cm³/mol. The Bertz CT molecular complexity index is 986. The van der Waals surface area contributed by atoms with Crippen LogP contribution in [0.2, 0.25) is 0 Å². The average molecular weight is 425 g/mol. The topological polar surface area (TPSA) is 60.8 Å². The van der Waals surface area contributed by atoms with Gasteiger partial charge in [-0.3, -0.25) is 0 Å². The monoisotopic (exact) mass is 424 g/mol. The SMILES string of the molecule is COc1cc(CNc2nc3ccccc3n2CCN2CCCCC2)cc(OC)c1OC. The lowest BCUT2D eigenvalue weighted by Gasteiger charge is -2.26. The number of likely N-dealkylation sites (tertiary alicyclic amines) is 1. The van der Waals surface area contributed by atoms with E-state index >= 15 is 0 Å². The van der Waals surface area contributed by atoms with Crippen LogP contribution in [0.3, 0.4) is 0 Å². The minimum absolute atomic E-state index is 0.600. The van der Waals surface area contributed by atoms with Crippen molar-refractivity contribution in [1.82, 2.24) is 14.5 Å². The maximum Gasteiger partial charge on any atom is 0.204 e. The summed E-state index contributed by atoms with van der Waals surface area (Å²) in [6.07, 6.45) is 3.96. The van der Waals surface area contributed by atoms with Gasteiger partial charge in [-0.25, -0.2) is 4.98 Å². The number of anilines is 1. The zero-order valence-corrected chi connectivity index (χ0v) is 18.7. The molecule has 1 aromatic heterocycles. The van der Waals surface area contributed by atoms with E-state index in [4.69, 9.17) is 19.2 Å². The van der Waals surface area contributed by atoms with Gasteiger partial charge in [-0.05, 0) is 55.8 Å². The molecule has 1 N–H and O–H groups in total. The molecule has 0 radical (unpaired) electrons. The number of hydrogen-bond donors (Lipinski definition) is 1. The number of para-hydroxylation sites is 2. The highest BCUT2D eigenvalue weighted by atomic mass is 16.5. The van der Waals surface area contributed by atoms with Crippen molar-refractivity contribution >= 4 is 17.0 Å². The van der Waals surface area contributed by atoms with Gasteiger partial charge in [0.25, 0.3) is 0 Å². The molecule has 0 amide bonds. The second kappa shape index (κ2) is 9.92. The molecular weight excluding hydrogens is 392 g/mol. The summed E-state index contributed by atoms with van der Waals surface area (Å²) in [5, 5.41) is 3.53. The molecule has 2 aromatic carbocycles. The molecule has 1 fully saturated rings. The molecular formula is C24H32N4O3. The van der Waals surface area contributed by atoms with E-state index < -0.39 is 0 Å². The van der Waals surface area contributed by atoms with Crippen LogP contribution in [-0.4, -0.2) is 55.4 Å². The Kier molecular flexibility index (Phi) is 6.82. The van der Waals surface area contributed by atoms with Crippen molar-refractivity contribution in [3.8, 4) is 17.2 Å². The number of methoxy groups -OCH3 is 3. The summed E-state index contributed by atoms with van der Waals surface area (Å²) in [5.41, 5.74) is 3.20. The molecule has 0 aliphatic carbocycles. The highest BCUT2D eigenvalue weighted by Crippen LogP contribution is 2.38. The molecule has 7 heteroatoms. The van der Waals surface area contributed by atoms with E-state index in [9.17, 15) is 0 Å². The van der Waals surface area contributed by atoms with E-state index in [1.165, 1.54) is 32.4 Å². The first-order chi connectivity index (χ1) is 15.2. The van der Waals surface area contributed by atoms with Crippen molar-refractivity contribution in [2.24, 2.45) is 0 Å². The summed E-state index contributed by atoms with van der Waals surface area (Å²) in [6.45, 7) is 4.95. The fourth-order valence-electron chi connectivity index (χ4n) is 4.28. The van der Waals surface area contributed by atoms with Gasteiger partial charge < -0.3 is 29.0 Å². The number of rotatable bonds is 9. The fraction of sp³-hybridized carbons (Fsp3) is 0.458. The lowest BCUT2D eigenvalue weighted by molar-refractivity contribution is 0.222. The molecule has 0 unspecified atom stereocenters. The number of imidazole rings is 1. The van der Waals surface area contributed by atoms with Crippen molar-refractivity contribution in [3.63, 3.8) is 0 Å². The van der Waals surface area contributed by atoms with E-state index in [2.05, 4.69) is 33.0 Å². The van der Waals surface area contributed by atoms with E-state index in [0.717, 1.165) is 35.6 Å². The number of fused-ring (bicyclic) bond motifs is 1. The highest BCUT2D eigenvalue weighted by Gasteiger charge is 2.16. The van der Waals surface area contributed by atoms with E-state index in [0.29, 0.717) is 23.8 Å². The van der Waals surface area contributed by atoms with Crippen LogP contribution in [0, 0.1) is 0 Å². The first-order valence-electron chi connectivity index (χ1n) is 10.9. The number of piperidine rings is 1. The zero-order valence-electron chi connectivity index (χ0n) is 18.7. The lowest BCUT2D eigenvalue weighted by Crippen LogP contribution is -2.32. The maximum atomic E-state index is 5.49. The molecule has 3 aromatic rings. The quantitative estimate of drug-likeness (QED) is 0.557. The number of nitrogens with one attached hydrogen (secondary N) is 1. The summed E-state index contributed by atoms with van der Waals surface area (Å²) in [4.78, 5) is 7.41. The van der Waals surface area contributed by atoms with Crippen LogP contribution in [0.5, 0.6) is 17.2 Å². The smallest absolute Gasteiger partial charge is 0.204 e. The Morgan fingerprint density at radius 2 is 1.61 bits per heavy atom. The van der Waals surface area contributed by atoms with E-state index in [1.54, 1.807) is 21.3 Å². The van der Waals surface area contributed by atoms with Crippen molar-refractivity contribution in [2.45, 2.75) is 32.4 Å². The van der Waals surface area contributed by atoms with Gasteiger partial charge in [0, 0.05) is 19.6 Å². The van der Waals surface area contributed by atoms with Gasteiger partial charge in [0.15, 0.2) is 11.5 Å². The Balaban J connectivity index is 1.55. The number of nitrogens with zero attached hydrogens (tertiary/aromatic N) is 3. The van der Waals surface area contributed by atoms with E-state index in [-0.39, 0.29) is 0 Å². The molecule has 31 heavy (non-hydrogen) atoms. The molecule has 2 heterocycles. The predicted octanol–water partition coefficient (Wildman–Crippen LogP) is 4.16. The van der Waals surface area contributed by atoms with Crippen molar-refractivity contribution in [3.05, 3.63) is 42.0 Å². The average Bonchev–Trinajstić information content (AvgIpc) is 3.18. The van der Waals surface area contributed by atoms with Gasteiger partial charge >= 0.3 is 0 Å². The molecule has 1 saturated heterocycles. The minimum Gasteiger partial charge on any atom is -0.493 e. The third-order valence-corrected chi connectivity index (χ3v) is 5.92. The number of hydrogen-bond acceptors (Lipinski definition) is 6. The molecule has 7 nitrogen and oxygen atoms in total. The van der Waals surface area contributed by atoms with Crippen LogP contribution in [0.4, 0.5) is 5.95 Å². The lowest BCUT2D eigenvalue weighted by atomic mass is 10.1. The molecule has 0 spiro atoms. The number of ether oxygens (including phenoxy) is 3. The molecule has 1 aliphatic heterocycles. The fourth-order valence-corrected chi connectivity index (χ4v) is 4.28. The minimum atomic E-state index is 0.600. The maximum absolute atomic E-state index is 5.49. The Hall–Kier alpha value is -2.93. The van der Waals surface area contributed by atoms with Gasteiger partial charge in [0.1, 0.15) is 0 Å². The Morgan fingerprint density at radius 3 is 2.29 bits per heavy atom. The van der Waals surface area contributed by atoms with Gasteiger partial charge in [-0.2, -0.15) is 0 Å². The zero-order chi connectivity index (χ0) is 21.6. The van der Waals surface area contributed by atoms with Crippen LogP contribution in [-0.2, 0) is 13.1 Å². The Labute approximate surface area is 183 Å².